The van der Waals surface area contributed by atoms with Crippen molar-refractivity contribution in [2.75, 3.05) is 26.6 Å². The molecule has 0 bridgehead atoms. The first-order valence-corrected chi connectivity index (χ1v) is 6.74. The molecule has 0 radical (unpaired) electrons. The lowest BCUT2D eigenvalue weighted by molar-refractivity contribution is 0.291. The quantitative estimate of drug-likeness (QED) is 0.827. The summed E-state index contributed by atoms with van der Waals surface area (Å²) in [5, 5.41) is 0. The lowest BCUT2D eigenvalue weighted by Crippen LogP contribution is -2.07. The molecule has 2 rings (SSSR count). The molecule has 7 heteroatoms. The molecule has 2 aromatic rings. The van der Waals surface area contributed by atoms with Crippen LogP contribution in [0.25, 0.3) is 0 Å². The van der Waals surface area contributed by atoms with E-state index in [2.05, 4.69) is 0 Å². The highest BCUT2D eigenvalue weighted by molar-refractivity contribution is 5.53. The number of halogens is 3. The van der Waals surface area contributed by atoms with Crippen molar-refractivity contribution >= 4 is 5.69 Å². The van der Waals surface area contributed by atoms with Gasteiger partial charge >= 0.3 is 0 Å². The van der Waals surface area contributed by atoms with Crippen LogP contribution in [0.15, 0.2) is 24.3 Å². The van der Waals surface area contributed by atoms with Gasteiger partial charge in [0.15, 0.2) is 23.1 Å². The second-order valence-electron chi connectivity index (χ2n) is 4.67. The average Bonchev–Trinajstić information content (AvgIpc) is 2.54. The third-order valence-corrected chi connectivity index (χ3v) is 3.27. The van der Waals surface area contributed by atoms with E-state index in [1.54, 1.807) is 0 Å². The van der Waals surface area contributed by atoms with Crippen molar-refractivity contribution in [3.63, 3.8) is 0 Å². The van der Waals surface area contributed by atoms with E-state index < -0.39 is 17.5 Å². The summed E-state index contributed by atoms with van der Waals surface area (Å²) in [7, 11) is 2.74. The van der Waals surface area contributed by atoms with Crippen LogP contribution in [0.5, 0.6) is 17.2 Å². The zero-order valence-electron chi connectivity index (χ0n) is 12.7. The van der Waals surface area contributed by atoms with E-state index in [1.165, 1.54) is 26.4 Å². The zero-order valence-corrected chi connectivity index (χ0v) is 12.7. The minimum absolute atomic E-state index is 0.0297. The topological polar surface area (TPSA) is 53.7 Å². The number of benzene rings is 2. The van der Waals surface area contributed by atoms with Crippen molar-refractivity contribution < 1.29 is 27.4 Å². The van der Waals surface area contributed by atoms with E-state index in [1.807, 2.05) is 0 Å². The van der Waals surface area contributed by atoms with E-state index >= 15 is 0 Å². The molecule has 0 fully saturated rings. The normalized spacial score (nSPS) is 10.5. The largest absolute Gasteiger partial charge is 0.496 e. The Labute approximate surface area is 131 Å². The first-order chi connectivity index (χ1) is 11.0. The molecule has 0 amide bonds. The van der Waals surface area contributed by atoms with E-state index in [9.17, 15) is 13.2 Å². The molecular formula is C16H16F3NO3. The van der Waals surface area contributed by atoms with E-state index in [0.29, 0.717) is 0 Å². The molecule has 0 aromatic heterocycles. The standard InChI is InChI=1S/C16H16F3NO3/c1-21-13-4-3-10(17)16(19)9(13)5-6-23-15-7-11(18)12(20)8-14(15)22-2/h3-4,7-8H,5-6,20H2,1-2H3. The van der Waals surface area contributed by atoms with Crippen LogP contribution in [0, 0.1) is 17.5 Å². The highest BCUT2D eigenvalue weighted by atomic mass is 19.2. The molecule has 124 valence electrons. The smallest absolute Gasteiger partial charge is 0.165 e. The predicted molar refractivity (Wildman–Crippen MR) is 79.5 cm³/mol. The van der Waals surface area contributed by atoms with Gasteiger partial charge in [0.2, 0.25) is 0 Å². The molecule has 0 spiro atoms. The van der Waals surface area contributed by atoms with Crippen LogP contribution in [0.1, 0.15) is 5.56 Å². The van der Waals surface area contributed by atoms with Crippen LogP contribution in [0.4, 0.5) is 18.9 Å². The van der Waals surface area contributed by atoms with Crippen molar-refractivity contribution in [2.24, 2.45) is 0 Å². The number of methoxy groups -OCH3 is 2. The van der Waals surface area contributed by atoms with Gasteiger partial charge in [-0.25, -0.2) is 13.2 Å². The highest BCUT2D eigenvalue weighted by Crippen LogP contribution is 2.32. The number of ether oxygens (including phenoxy) is 3. The van der Waals surface area contributed by atoms with Gasteiger partial charge < -0.3 is 19.9 Å². The van der Waals surface area contributed by atoms with Gasteiger partial charge in [-0.3, -0.25) is 0 Å². The van der Waals surface area contributed by atoms with Gasteiger partial charge in [0.05, 0.1) is 26.5 Å². The summed E-state index contributed by atoms with van der Waals surface area (Å²) in [6.45, 7) is -0.0313. The minimum Gasteiger partial charge on any atom is -0.496 e. The summed E-state index contributed by atoms with van der Waals surface area (Å²) < 4.78 is 56.1. The van der Waals surface area contributed by atoms with E-state index in [4.69, 9.17) is 19.9 Å². The first-order valence-electron chi connectivity index (χ1n) is 6.74. The van der Waals surface area contributed by atoms with Crippen LogP contribution < -0.4 is 19.9 Å². The second-order valence-corrected chi connectivity index (χ2v) is 4.67. The molecule has 0 heterocycles. The van der Waals surface area contributed by atoms with Crippen LogP contribution in [0.3, 0.4) is 0 Å². The Morgan fingerprint density at radius 3 is 2.26 bits per heavy atom. The summed E-state index contributed by atoms with van der Waals surface area (Å²) in [6.07, 6.45) is 0.0297. The van der Waals surface area contributed by atoms with Crippen LogP contribution in [0.2, 0.25) is 0 Å². The fourth-order valence-corrected chi connectivity index (χ4v) is 2.09. The van der Waals surface area contributed by atoms with Crippen LogP contribution in [-0.2, 0) is 6.42 Å². The number of hydrogen-bond acceptors (Lipinski definition) is 4. The van der Waals surface area contributed by atoms with Gasteiger partial charge in [-0.05, 0) is 12.1 Å². The molecule has 2 N–H and O–H groups in total. The fraction of sp³-hybridized carbons (Fsp3) is 0.250. The summed E-state index contributed by atoms with van der Waals surface area (Å²) in [5.74, 6) is -2.05. The molecule has 2 aromatic carbocycles. The predicted octanol–water partition coefficient (Wildman–Crippen LogP) is 3.32. The molecule has 0 aliphatic heterocycles. The number of hydrogen-bond donors (Lipinski definition) is 1. The molecular weight excluding hydrogens is 311 g/mol. The zero-order chi connectivity index (χ0) is 17.0. The van der Waals surface area contributed by atoms with Crippen LogP contribution >= 0.6 is 0 Å². The molecule has 0 saturated carbocycles. The monoisotopic (exact) mass is 327 g/mol. The van der Waals surface area contributed by atoms with Crippen molar-refractivity contribution in [1.82, 2.24) is 0 Å². The maximum absolute atomic E-state index is 13.8. The second kappa shape index (κ2) is 7.13. The molecule has 0 saturated heterocycles. The molecule has 4 nitrogen and oxygen atoms in total. The number of rotatable bonds is 6. The number of anilines is 1. The summed E-state index contributed by atoms with van der Waals surface area (Å²) in [4.78, 5) is 0. The van der Waals surface area contributed by atoms with Gasteiger partial charge in [0.25, 0.3) is 0 Å². The maximum atomic E-state index is 13.8. The van der Waals surface area contributed by atoms with Gasteiger partial charge in [-0.1, -0.05) is 0 Å². The number of nitrogens with two attached hydrogens (primary N) is 1. The SMILES string of the molecule is COc1cc(N)c(F)cc1OCCc1c(OC)ccc(F)c1F. The average molecular weight is 327 g/mol. The first kappa shape index (κ1) is 16.8. The lowest BCUT2D eigenvalue weighted by atomic mass is 10.1. The molecule has 0 aliphatic rings. The van der Waals surface area contributed by atoms with Crippen molar-refractivity contribution in [1.29, 1.82) is 0 Å². The van der Waals surface area contributed by atoms with Gasteiger partial charge in [0.1, 0.15) is 11.6 Å². The Hall–Kier alpha value is -2.57. The third-order valence-electron chi connectivity index (χ3n) is 3.27. The third kappa shape index (κ3) is 3.61. The molecule has 0 aliphatic carbocycles. The van der Waals surface area contributed by atoms with Crippen LogP contribution in [-0.4, -0.2) is 20.8 Å². The van der Waals surface area contributed by atoms with E-state index in [0.717, 1.165) is 12.1 Å². The summed E-state index contributed by atoms with van der Waals surface area (Å²) in [5.41, 5.74) is 5.41. The maximum Gasteiger partial charge on any atom is 0.165 e. The van der Waals surface area contributed by atoms with Crippen molar-refractivity contribution in [3.8, 4) is 17.2 Å². The highest BCUT2D eigenvalue weighted by Gasteiger charge is 2.15. The van der Waals surface area contributed by atoms with Gasteiger partial charge in [-0.2, -0.15) is 0 Å². The minimum atomic E-state index is -0.997. The Morgan fingerprint density at radius 1 is 0.913 bits per heavy atom. The van der Waals surface area contributed by atoms with Crippen molar-refractivity contribution in [3.05, 3.63) is 47.3 Å². The molecule has 23 heavy (non-hydrogen) atoms. The Morgan fingerprint density at radius 2 is 1.61 bits per heavy atom. The summed E-state index contributed by atoms with van der Waals surface area (Å²) >= 11 is 0. The number of nitrogen functional groups attached to an aromatic ring is 1. The Balaban J connectivity index is 2.15. The molecule has 0 unspecified atom stereocenters. The fourth-order valence-electron chi connectivity index (χ4n) is 2.09. The Bertz CT molecular complexity index is 707. The summed E-state index contributed by atoms with van der Waals surface area (Å²) in [6, 6.07) is 4.68. The van der Waals surface area contributed by atoms with Crippen molar-refractivity contribution in [2.45, 2.75) is 6.42 Å². The lowest BCUT2D eigenvalue weighted by Gasteiger charge is -2.13. The van der Waals surface area contributed by atoms with Gasteiger partial charge in [0, 0.05) is 24.1 Å². The van der Waals surface area contributed by atoms with Gasteiger partial charge in [-0.15, -0.1) is 0 Å². The Kier molecular flexibility index (Phi) is 5.20. The molecule has 0 atom stereocenters. The van der Waals surface area contributed by atoms with E-state index in [-0.39, 0.29) is 41.5 Å².